The molecule has 0 bridgehead atoms. The van der Waals surface area contributed by atoms with Crippen molar-refractivity contribution in [3.8, 4) is 0 Å². The van der Waals surface area contributed by atoms with Gasteiger partial charge in [0, 0.05) is 31.5 Å². The Hall–Kier alpha value is -0.780. The molecule has 6 heteroatoms. The van der Waals surface area contributed by atoms with Crippen molar-refractivity contribution in [2.75, 3.05) is 6.54 Å². The molecule has 0 spiro atoms. The molecule has 1 unspecified atom stereocenters. The first-order chi connectivity index (χ1) is 8.20. The average Bonchev–Trinajstić information content (AvgIpc) is 2.13. The first-order valence-electron chi connectivity index (χ1n) is 6.30. The zero-order valence-electron chi connectivity index (χ0n) is 11.2. The minimum Gasteiger partial charge on any atom is -0.354 e. The summed E-state index contributed by atoms with van der Waals surface area (Å²) < 4.78 is 35.7. The molecule has 0 rings (SSSR count). The van der Waals surface area contributed by atoms with Crippen molar-refractivity contribution in [3.63, 3.8) is 0 Å². The molecule has 0 aliphatic heterocycles. The van der Waals surface area contributed by atoms with E-state index >= 15 is 0 Å². The van der Waals surface area contributed by atoms with Crippen LogP contribution in [0.1, 0.15) is 46.5 Å². The van der Waals surface area contributed by atoms with Gasteiger partial charge in [0.05, 0.1) is 0 Å². The summed E-state index contributed by atoms with van der Waals surface area (Å²) in [5.74, 6) is -0.0417. The first-order valence-corrected chi connectivity index (χ1v) is 6.30. The Morgan fingerprint density at radius 2 is 1.83 bits per heavy atom. The Labute approximate surface area is 107 Å². The van der Waals surface area contributed by atoms with Crippen molar-refractivity contribution in [2.24, 2.45) is 0 Å². The van der Waals surface area contributed by atoms with Crippen LogP contribution in [-0.2, 0) is 4.79 Å². The van der Waals surface area contributed by atoms with Crippen molar-refractivity contribution in [1.29, 1.82) is 0 Å². The summed E-state index contributed by atoms with van der Waals surface area (Å²) in [6, 6.07) is 0.112. The molecule has 0 aromatic heterocycles. The minimum absolute atomic E-state index is 0.000741. The number of nitrogens with one attached hydrogen (secondary N) is 2. The molecular formula is C12H23F3N2O. The van der Waals surface area contributed by atoms with E-state index in [2.05, 4.69) is 10.6 Å². The quantitative estimate of drug-likeness (QED) is 0.710. The molecule has 1 amide bonds. The third-order valence-corrected chi connectivity index (χ3v) is 2.39. The van der Waals surface area contributed by atoms with Crippen molar-refractivity contribution in [2.45, 2.75) is 64.7 Å². The van der Waals surface area contributed by atoms with Gasteiger partial charge in [-0.05, 0) is 33.6 Å². The SMILES string of the molecule is CC(C)NC(=O)CCNC(C)CCCC(F)(F)F. The molecule has 108 valence electrons. The van der Waals surface area contributed by atoms with Gasteiger partial charge in [0.25, 0.3) is 0 Å². The molecule has 0 saturated heterocycles. The number of halogens is 3. The van der Waals surface area contributed by atoms with Gasteiger partial charge in [-0.1, -0.05) is 0 Å². The summed E-state index contributed by atoms with van der Waals surface area (Å²) in [7, 11) is 0. The normalized spacial score (nSPS) is 13.7. The third kappa shape index (κ3) is 11.7. The van der Waals surface area contributed by atoms with Crippen molar-refractivity contribution in [1.82, 2.24) is 10.6 Å². The van der Waals surface area contributed by atoms with Gasteiger partial charge in [-0.2, -0.15) is 13.2 Å². The van der Waals surface area contributed by atoms with Gasteiger partial charge in [-0.15, -0.1) is 0 Å². The fraction of sp³-hybridized carbons (Fsp3) is 0.917. The van der Waals surface area contributed by atoms with E-state index in [-0.39, 0.29) is 24.4 Å². The maximum Gasteiger partial charge on any atom is 0.389 e. The van der Waals surface area contributed by atoms with E-state index in [0.717, 1.165) is 0 Å². The maximum absolute atomic E-state index is 11.9. The van der Waals surface area contributed by atoms with E-state index in [1.165, 1.54) is 0 Å². The molecule has 0 heterocycles. The predicted octanol–water partition coefficient (Wildman–Crippen LogP) is 2.61. The van der Waals surface area contributed by atoms with Gasteiger partial charge in [0.1, 0.15) is 0 Å². The van der Waals surface area contributed by atoms with Crippen molar-refractivity contribution in [3.05, 3.63) is 0 Å². The van der Waals surface area contributed by atoms with Crippen LogP contribution in [0, 0.1) is 0 Å². The largest absolute Gasteiger partial charge is 0.389 e. The molecule has 2 N–H and O–H groups in total. The van der Waals surface area contributed by atoms with Crippen LogP contribution in [0.5, 0.6) is 0 Å². The van der Waals surface area contributed by atoms with Gasteiger partial charge in [0.2, 0.25) is 5.91 Å². The van der Waals surface area contributed by atoms with Crippen LogP contribution in [0.15, 0.2) is 0 Å². The highest BCUT2D eigenvalue weighted by molar-refractivity contribution is 5.76. The van der Waals surface area contributed by atoms with Crippen LogP contribution in [0.3, 0.4) is 0 Å². The van der Waals surface area contributed by atoms with Crippen LogP contribution < -0.4 is 10.6 Å². The lowest BCUT2D eigenvalue weighted by atomic mass is 10.1. The first kappa shape index (κ1) is 17.2. The topological polar surface area (TPSA) is 41.1 Å². The summed E-state index contributed by atoms with van der Waals surface area (Å²) >= 11 is 0. The number of hydrogen-bond acceptors (Lipinski definition) is 2. The molecule has 0 fully saturated rings. The van der Waals surface area contributed by atoms with Crippen LogP contribution in [0.2, 0.25) is 0 Å². The Morgan fingerprint density at radius 1 is 1.22 bits per heavy atom. The lowest BCUT2D eigenvalue weighted by Crippen LogP contribution is -2.34. The van der Waals surface area contributed by atoms with E-state index in [1.807, 2.05) is 20.8 Å². The number of rotatable bonds is 8. The summed E-state index contributed by atoms with van der Waals surface area (Å²) in [6.07, 6.45) is -3.88. The number of carbonyl (C=O) groups is 1. The van der Waals surface area contributed by atoms with Crippen LogP contribution in [0.4, 0.5) is 13.2 Å². The highest BCUT2D eigenvalue weighted by Crippen LogP contribution is 2.22. The Kier molecular flexibility index (Phi) is 7.98. The Morgan fingerprint density at radius 3 is 2.33 bits per heavy atom. The molecule has 0 radical (unpaired) electrons. The van der Waals surface area contributed by atoms with Crippen molar-refractivity contribution < 1.29 is 18.0 Å². The van der Waals surface area contributed by atoms with Gasteiger partial charge < -0.3 is 10.6 Å². The van der Waals surface area contributed by atoms with Crippen molar-refractivity contribution >= 4 is 5.91 Å². The molecule has 0 aliphatic rings. The lowest BCUT2D eigenvalue weighted by Gasteiger charge is -2.14. The van der Waals surface area contributed by atoms with E-state index in [9.17, 15) is 18.0 Å². The van der Waals surface area contributed by atoms with E-state index < -0.39 is 12.6 Å². The highest BCUT2D eigenvalue weighted by Gasteiger charge is 2.26. The molecule has 1 atom stereocenters. The van der Waals surface area contributed by atoms with E-state index in [4.69, 9.17) is 0 Å². The van der Waals surface area contributed by atoms with Crippen LogP contribution in [-0.4, -0.2) is 30.7 Å². The zero-order chi connectivity index (χ0) is 14.2. The van der Waals surface area contributed by atoms with Gasteiger partial charge in [-0.25, -0.2) is 0 Å². The molecule has 0 aliphatic carbocycles. The Bertz CT molecular complexity index is 242. The standard InChI is InChI=1S/C12H23F3N2O/c1-9(2)17-11(18)6-8-16-10(3)5-4-7-12(13,14)15/h9-10,16H,4-8H2,1-3H3,(H,17,18). The minimum atomic E-state index is -4.07. The molecular weight excluding hydrogens is 245 g/mol. The highest BCUT2D eigenvalue weighted by atomic mass is 19.4. The number of hydrogen-bond donors (Lipinski definition) is 2. The summed E-state index contributed by atoms with van der Waals surface area (Å²) in [4.78, 5) is 11.3. The summed E-state index contributed by atoms with van der Waals surface area (Å²) in [5.41, 5.74) is 0. The monoisotopic (exact) mass is 268 g/mol. The fourth-order valence-corrected chi connectivity index (χ4v) is 1.54. The molecule has 0 aromatic carbocycles. The number of amides is 1. The second-order valence-electron chi connectivity index (χ2n) is 4.83. The number of carbonyl (C=O) groups excluding carboxylic acids is 1. The summed E-state index contributed by atoms with van der Waals surface area (Å²) in [5, 5.41) is 5.80. The van der Waals surface area contributed by atoms with Crippen LogP contribution in [0.25, 0.3) is 0 Å². The van der Waals surface area contributed by atoms with Gasteiger partial charge in [-0.3, -0.25) is 4.79 Å². The molecule has 3 nitrogen and oxygen atoms in total. The summed E-state index contributed by atoms with van der Waals surface area (Å²) in [6.45, 7) is 6.08. The second kappa shape index (κ2) is 8.34. The lowest BCUT2D eigenvalue weighted by molar-refractivity contribution is -0.135. The zero-order valence-corrected chi connectivity index (χ0v) is 11.2. The molecule has 18 heavy (non-hydrogen) atoms. The smallest absolute Gasteiger partial charge is 0.354 e. The van der Waals surface area contributed by atoms with Gasteiger partial charge >= 0.3 is 6.18 Å². The predicted molar refractivity (Wildman–Crippen MR) is 65.3 cm³/mol. The fourth-order valence-electron chi connectivity index (χ4n) is 1.54. The van der Waals surface area contributed by atoms with Gasteiger partial charge in [0.15, 0.2) is 0 Å². The third-order valence-electron chi connectivity index (χ3n) is 2.39. The van der Waals surface area contributed by atoms with E-state index in [1.54, 1.807) is 0 Å². The number of alkyl halides is 3. The average molecular weight is 268 g/mol. The maximum atomic E-state index is 11.9. The Balaban J connectivity index is 3.53. The van der Waals surface area contributed by atoms with Crippen LogP contribution >= 0.6 is 0 Å². The molecule has 0 saturated carbocycles. The molecule has 0 aromatic rings. The second-order valence-corrected chi connectivity index (χ2v) is 4.83. The van der Waals surface area contributed by atoms with E-state index in [0.29, 0.717) is 19.4 Å².